The van der Waals surface area contributed by atoms with Crippen molar-refractivity contribution in [3.63, 3.8) is 0 Å². The van der Waals surface area contributed by atoms with Crippen molar-refractivity contribution < 1.29 is 85.0 Å². The van der Waals surface area contributed by atoms with Crippen LogP contribution in [-0.4, -0.2) is 30.1 Å². The third-order valence-corrected chi connectivity index (χ3v) is 6.76. The number of hydrogen-bond donors (Lipinski definition) is 2. The quantitative estimate of drug-likeness (QED) is 0.156. The molecule has 0 spiro atoms. The predicted octanol–water partition coefficient (Wildman–Crippen LogP) is -5.62. The first-order chi connectivity index (χ1) is 20.1. The fraction of sp³-hybridized carbons (Fsp3) is 0.0769. The van der Waals surface area contributed by atoms with Gasteiger partial charge < -0.3 is 10.2 Å². The van der Waals surface area contributed by atoms with Gasteiger partial charge in [-0.15, -0.1) is 31.8 Å². The summed E-state index contributed by atoms with van der Waals surface area (Å²) in [6.45, 7) is 0. The maximum absolute atomic E-state index is 12.0. The van der Waals surface area contributed by atoms with Gasteiger partial charge in [-0.05, 0) is 60.7 Å². The van der Waals surface area contributed by atoms with E-state index in [-0.39, 0.29) is 17.1 Å². The molecule has 5 rings (SSSR count). The van der Waals surface area contributed by atoms with Crippen molar-refractivity contribution in [2.45, 2.75) is 11.2 Å². The summed E-state index contributed by atoms with van der Waals surface area (Å²) >= 11 is 1.27. The molecule has 5 aromatic heterocycles. The van der Waals surface area contributed by atoms with Crippen molar-refractivity contribution in [3.05, 3.63) is 142 Å². The minimum absolute atomic E-state index is 0. The van der Waals surface area contributed by atoms with E-state index in [0.29, 0.717) is 32.5 Å². The minimum Gasteiger partial charge on any atom is -0.372 e. The molecule has 0 radical (unpaired) electrons. The third-order valence-electron chi connectivity index (χ3n) is 5.46. The van der Waals surface area contributed by atoms with E-state index in [1.54, 1.807) is 85.5 Å². The van der Waals surface area contributed by atoms with Gasteiger partial charge in [0.05, 0.1) is 22.8 Å². The average Bonchev–Trinajstić information content (AvgIpc) is 3.48. The fourth-order valence-corrected chi connectivity index (χ4v) is 5.02. The van der Waals surface area contributed by atoms with Crippen molar-refractivity contribution >= 4 is 11.3 Å². The van der Waals surface area contributed by atoms with E-state index < -0.39 is 31.7 Å². The van der Waals surface area contributed by atoms with Crippen molar-refractivity contribution in [1.82, 2.24) is 19.9 Å². The molecule has 2 N–H and O–H groups in total. The normalized spacial score (nSPS) is 11.7. The van der Waals surface area contributed by atoms with Crippen molar-refractivity contribution in [2.24, 2.45) is 0 Å². The molecule has 0 aliphatic carbocycles. The minimum atomic E-state index is -4.94. The van der Waals surface area contributed by atoms with E-state index in [2.05, 4.69) is 19.9 Å². The number of hydrogen-bond acceptors (Lipinski definition) is 15. The molecule has 0 amide bonds. The Labute approximate surface area is 268 Å². The number of pyridine rings is 4. The molecule has 5 heterocycles. The number of halogens is 2. The Balaban J connectivity index is 0.000000535. The molecule has 0 aromatic carbocycles. The van der Waals surface area contributed by atoms with Crippen LogP contribution in [0.5, 0.6) is 0 Å². The Morgan fingerprint density at radius 1 is 0.455 bits per heavy atom. The second-order valence-electron chi connectivity index (χ2n) is 8.20. The van der Waals surface area contributed by atoms with Crippen molar-refractivity contribution in [1.29, 1.82) is 0 Å². The number of thiophene rings is 1. The molecule has 5 aromatic rings. The Morgan fingerprint density at radius 2 is 0.682 bits per heavy atom. The van der Waals surface area contributed by atoms with E-state index in [4.69, 9.17) is 37.3 Å². The van der Waals surface area contributed by atoms with Gasteiger partial charge in [0.1, 0.15) is 0 Å². The molecule has 0 saturated heterocycles. The Bertz CT molecular complexity index is 1340. The second kappa shape index (κ2) is 15.8. The third kappa shape index (κ3) is 10.3. The first kappa shape index (κ1) is 37.2. The van der Waals surface area contributed by atoms with Gasteiger partial charge >= 0.3 is 17.1 Å². The molecule has 232 valence electrons. The summed E-state index contributed by atoms with van der Waals surface area (Å²) in [5, 5.41) is 24.0. The van der Waals surface area contributed by atoms with E-state index in [0.717, 1.165) is 0 Å². The number of aliphatic hydroxyl groups is 2. The molecule has 18 heteroatoms. The van der Waals surface area contributed by atoms with Crippen LogP contribution < -0.4 is 37.3 Å². The van der Waals surface area contributed by atoms with Crippen LogP contribution >= 0.6 is 11.3 Å². The number of rotatable bonds is 6. The van der Waals surface area contributed by atoms with Crippen LogP contribution in [0.25, 0.3) is 0 Å². The molecule has 0 atom stereocenters. The summed E-state index contributed by atoms with van der Waals surface area (Å²) in [4.78, 5) is 18.8. The van der Waals surface area contributed by atoms with Crippen LogP contribution in [0.15, 0.2) is 110 Å². The Morgan fingerprint density at radius 3 is 0.864 bits per heavy atom. The Kier molecular flexibility index (Phi) is 13.4. The van der Waals surface area contributed by atoms with Gasteiger partial charge in [0, 0.05) is 34.5 Å². The van der Waals surface area contributed by atoms with Crippen molar-refractivity contribution in [3.8, 4) is 0 Å². The SMILES string of the molecule is OC(c1ccccn1)(c1ccccn1)c1ccc(C(O)(c2ccccn2)c2ccccn2)s1.[Fe+2].[O-][Cl+3]([O-])([O-])[O-].[O-][Cl+3]([O-])([O-])[O-]. The van der Waals surface area contributed by atoms with Gasteiger partial charge in [-0.1, -0.05) is 24.3 Å². The van der Waals surface area contributed by atoms with Crippen LogP contribution in [0.4, 0.5) is 0 Å². The molecule has 14 nitrogen and oxygen atoms in total. The van der Waals surface area contributed by atoms with Gasteiger partial charge in [-0.25, -0.2) is 37.3 Å². The Hall–Kier alpha value is -3.00. The van der Waals surface area contributed by atoms with Gasteiger partial charge in [-0.3, -0.25) is 19.9 Å². The van der Waals surface area contributed by atoms with Crippen LogP contribution in [0, 0.1) is 20.5 Å². The van der Waals surface area contributed by atoms with E-state index in [1.807, 2.05) is 24.3 Å². The van der Waals surface area contributed by atoms with Crippen LogP contribution in [0.1, 0.15) is 32.5 Å². The summed E-state index contributed by atoms with van der Waals surface area (Å²) in [5.74, 6) is 0. The molecule has 0 aliphatic rings. The zero-order valence-corrected chi connectivity index (χ0v) is 25.3. The first-order valence-electron chi connectivity index (χ1n) is 11.6. The van der Waals surface area contributed by atoms with Crippen molar-refractivity contribution in [2.75, 3.05) is 0 Å². The molecule has 0 fully saturated rings. The zero-order valence-electron chi connectivity index (χ0n) is 21.9. The van der Waals surface area contributed by atoms with Gasteiger partial charge in [0.15, 0.2) is 11.2 Å². The topological polar surface area (TPSA) is 276 Å². The maximum atomic E-state index is 12.0. The number of nitrogens with zero attached hydrogens (tertiary/aromatic N) is 4. The van der Waals surface area contributed by atoms with Gasteiger partial charge in [0.2, 0.25) is 0 Å². The largest absolute Gasteiger partial charge is 2.00 e. The molecule has 44 heavy (non-hydrogen) atoms. The van der Waals surface area contributed by atoms with Gasteiger partial charge in [-0.2, -0.15) is 0 Å². The molecule has 0 saturated carbocycles. The zero-order chi connectivity index (χ0) is 31.7. The predicted molar refractivity (Wildman–Crippen MR) is 125 cm³/mol. The van der Waals surface area contributed by atoms with Crippen LogP contribution in [-0.2, 0) is 28.3 Å². The molecular formula is C26H20Cl2FeN4O10S. The van der Waals surface area contributed by atoms with Crippen LogP contribution in [0.2, 0.25) is 0 Å². The summed E-state index contributed by atoms with van der Waals surface area (Å²) in [7, 11) is -9.89. The molecular weight excluding hydrogens is 687 g/mol. The van der Waals surface area contributed by atoms with E-state index >= 15 is 0 Å². The smallest absolute Gasteiger partial charge is 0.372 e. The average molecular weight is 707 g/mol. The molecule has 0 unspecified atom stereocenters. The molecule has 0 bridgehead atoms. The van der Waals surface area contributed by atoms with E-state index in [9.17, 15) is 10.2 Å². The first-order valence-corrected chi connectivity index (χ1v) is 14.9. The fourth-order valence-electron chi connectivity index (χ4n) is 3.80. The molecule has 0 aliphatic heterocycles. The standard InChI is InChI=1S/C26H20N4O2S.2ClHO4.Fe/c31-25(19-9-1-5-15-27-19,20-10-2-6-16-28-20)23-13-14-24(33-23)26(32,21-11-3-7-17-29-21)22-12-4-8-18-30-22;2*2-1(3,4)5;/h1-18,31-32H;2*(H,2,3,4,5);/q;;;+2/p-2. The summed E-state index contributed by atoms with van der Waals surface area (Å²) in [5.41, 5.74) is -1.43. The summed E-state index contributed by atoms with van der Waals surface area (Å²) in [6, 6.07) is 25.1. The monoisotopic (exact) mass is 706 g/mol. The van der Waals surface area contributed by atoms with E-state index in [1.165, 1.54) is 11.3 Å². The van der Waals surface area contributed by atoms with Gasteiger partial charge in [0.25, 0.3) is 0 Å². The van der Waals surface area contributed by atoms with Crippen LogP contribution in [0.3, 0.4) is 0 Å². The maximum Gasteiger partial charge on any atom is 2.00 e. The summed E-state index contributed by atoms with van der Waals surface area (Å²) < 4.78 is 67.9. The second-order valence-corrected chi connectivity index (χ2v) is 10.8. The number of aromatic nitrogens is 4. The summed E-state index contributed by atoms with van der Waals surface area (Å²) in [6.07, 6.45) is 6.54.